The molecule has 26 heavy (non-hydrogen) atoms. The fraction of sp³-hybridized carbons (Fsp3) is 0.550. The van der Waals surface area contributed by atoms with Crippen LogP contribution in [0.1, 0.15) is 50.0 Å². The third-order valence-corrected chi connectivity index (χ3v) is 5.09. The Morgan fingerprint density at radius 2 is 2.12 bits per heavy atom. The lowest BCUT2D eigenvalue weighted by Crippen LogP contribution is -2.40. The quantitative estimate of drug-likeness (QED) is 0.790. The molecule has 0 aliphatic carbocycles. The van der Waals surface area contributed by atoms with Gasteiger partial charge in [0.2, 0.25) is 5.91 Å². The van der Waals surface area contributed by atoms with Gasteiger partial charge in [-0.2, -0.15) is 0 Å². The van der Waals surface area contributed by atoms with Crippen molar-refractivity contribution < 1.29 is 4.79 Å². The summed E-state index contributed by atoms with van der Waals surface area (Å²) in [7, 11) is 0. The van der Waals surface area contributed by atoms with Gasteiger partial charge in [-0.15, -0.1) is 0 Å². The minimum Gasteiger partial charge on any atom is -0.354 e. The molecule has 1 unspecified atom stereocenters. The first-order chi connectivity index (χ1) is 12.8. The van der Waals surface area contributed by atoms with Gasteiger partial charge in [0.25, 0.3) is 0 Å². The first kappa shape index (κ1) is 18.6. The zero-order valence-electron chi connectivity index (χ0n) is 15.6. The Balaban J connectivity index is 1.56. The van der Waals surface area contributed by atoms with Crippen LogP contribution >= 0.6 is 0 Å². The molecular formula is C20H29N5O. The molecule has 1 N–H and O–H groups in total. The van der Waals surface area contributed by atoms with E-state index in [1.807, 2.05) is 18.5 Å². The van der Waals surface area contributed by atoms with Gasteiger partial charge in [-0.05, 0) is 37.6 Å². The van der Waals surface area contributed by atoms with E-state index in [2.05, 4.69) is 37.7 Å². The summed E-state index contributed by atoms with van der Waals surface area (Å²) < 4.78 is 2.06. The fourth-order valence-corrected chi connectivity index (χ4v) is 3.64. The molecule has 0 saturated carbocycles. The second-order valence-electron chi connectivity index (χ2n) is 6.84. The maximum absolute atomic E-state index is 12.4. The second-order valence-corrected chi connectivity index (χ2v) is 6.84. The molecule has 140 valence electrons. The van der Waals surface area contributed by atoms with Gasteiger partial charge >= 0.3 is 0 Å². The highest BCUT2D eigenvalue weighted by Gasteiger charge is 2.23. The van der Waals surface area contributed by atoms with Gasteiger partial charge in [-0.1, -0.05) is 19.4 Å². The largest absolute Gasteiger partial charge is 0.354 e. The van der Waals surface area contributed by atoms with E-state index >= 15 is 0 Å². The van der Waals surface area contributed by atoms with Crippen molar-refractivity contribution in [2.75, 3.05) is 19.6 Å². The van der Waals surface area contributed by atoms with E-state index in [9.17, 15) is 4.79 Å². The van der Waals surface area contributed by atoms with E-state index in [0.29, 0.717) is 19.5 Å². The van der Waals surface area contributed by atoms with E-state index in [0.717, 1.165) is 25.3 Å². The fourth-order valence-electron chi connectivity index (χ4n) is 3.64. The number of hydrogen-bond acceptors (Lipinski definition) is 4. The number of nitrogens with one attached hydrogen (secondary N) is 1. The molecule has 1 fully saturated rings. The first-order valence-corrected chi connectivity index (χ1v) is 9.68. The molecule has 0 aromatic carbocycles. The van der Waals surface area contributed by atoms with E-state index in [-0.39, 0.29) is 11.9 Å². The summed E-state index contributed by atoms with van der Waals surface area (Å²) in [5.41, 5.74) is 1.18. The lowest BCUT2D eigenvalue weighted by molar-refractivity contribution is -0.121. The predicted molar refractivity (Wildman–Crippen MR) is 102 cm³/mol. The molecule has 0 spiro atoms. The van der Waals surface area contributed by atoms with Crippen molar-refractivity contribution in [3.8, 4) is 0 Å². The predicted octanol–water partition coefficient (Wildman–Crippen LogP) is 2.57. The number of rotatable bonds is 8. The molecule has 1 atom stereocenters. The summed E-state index contributed by atoms with van der Waals surface area (Å²) in [5.74, 6) is 1.12. The Labute approximate surface area is 155 Å². The molecule has 3 heterocycles. The molecule has 0 bridgehead atoms. The first-order valence-electron chi connectivity index (χ1n) is 9.68. The summed E-state index contributed by atoms with van der Waals surface area (Å²) in [6.45, 7) is 5.57. The van der Waals surface area contributed by atoms with Crippen LogP contribution < -0.4 is 5.32 Å². The minimum absolute atomic E-state index is 0.0895. The van der Waals surface area contributed by atoms with Crippen LogP contribution in [-0.2, 0) is 17.8 Å². The van der Waals surface area contributed by atoms with Crippen molar-refractivity contribution in [3.63, 3.8) is 0 Å². The molecule has 1 aliphatic rings. The van der Waals surface area contributed by atoms with Crippen LogP contribution in [0.2, 0.25) is 0 Å². The summed E-state index contributed by atoms with van der Waals surface area (Å²) in [4.78, 5) is 23.4. The molecular weight excluding hydrogens is 326 g/mol. The van der Waals surface area contributed by atoms with Crippen molar-refractivity contribution in [2.45, 2.75) is 51.6 Å². The van der Waals surface area contributed by atoms with Crippen molar-refractivity contribution in [1.82, 2.24) is 24.8 Å². The minimum atomic E-state index is 0.0895. The molecule has 6 heteroatoms. The van der Waals surface area contributed by atoms with Crippen molar-refractivity contribution in [1.29, 1.82) is 0 Å². The normalized spacial score (nSPS) is 16.3. The van der Waals surface area contributed by atoms with E-state index in [4.69, 9.17) is 0 Å². The number of carbonyl (C=O) groups is 1. The molecule has 1 aliphatic heterocycles. The third-order valence-electron chi connectivity index (χ3n) is 5.09. The van der Waals surface area contributed by atoms with Crippen LogP contribution in [0.25, 0.3) is 0 Å². The topological polar surface area (TPSA) is 63.1 Å². The Kier molecular flexibility index (Phi) is 6.77. The number of nitrogens with zero attached hydrogens (tertiary/aromatic N) is 4. The van der Waals surface area contributed by atoms with Gasteiger partial charge in [-0.3, -0.25) is 14.7 Å². The number of hydrogen-bond donors (Lipinski definition) is 1. The monoisotopic (exact) mass is 355 g/mol. The lowest BCUT2D eigenvalue weighted by Gasteiger charge is -2.34. The van der Waals surface area contributed by atoms with Crippen LogP contribution in [-0.4, -0.2) is 45.0 Å². The van der Waals surface area contributed by atoms with Gasteiger partial charge in [0.1, 0.15) is 5.82 Å². The average molecular weight is 355 g/mol. The molecule has 6 nitrogen and oxygen atoms in total. The number of aromatic nitrogens is 3. The maximum atomic E-state index is 12.4. The molecule has 3 rings (SSSR count). The van der Waals surface area contributed by atoms with Crippen LogP contribution in [0.5, 0.6) is 0 Å². The second kappa shape index (κ2) is 9.48. The van der Waals surface area contributed by atoms with Gasteiger partial charge < -0.3 is 9.88 Å². The lowest BCUT2D eigenvalue weighted by atomic mass is 10.0. The third kappa shape index (κ3) is 4.91. The van der Waals surface area contributed by atoms with E-state index in [1.54, 1.807) is 12.4 Å². The number of likely N-dealkylation sites (tertiary alicyclic amines) is 1. The maximum Gasteiger partial charge on any atom is 0.221 e. The summed E-state index contributed by atoms with van der Waals surface area (Å²) in [6.07, 6.45) is 12.6. The highest BCUT2D eigenvalue weighted by Crippen LogP contribution is 2.23. The standard InChI is InChI=1S/C20H29N5O/c1-2-19-22-10-14-25(19)13-8-20(26)23-16-18(17-7-6-9-21-15-17)24-11-4-3-5-12-24/h6-7,9-10,14-15,18H,2-5,8,11-13,16H2,1H3,(H,23,26). The molecule has 2 aromatic rings. The summed E-state index contributed by atoms with van der Waals surface area (Å²) in [5, 5.41) is 3.14. The van der Waals surface area contributed by atoms with Crippen molar-refractivity contribution >= 4 is 5.91 Å². The zero-order chi connectivity index (χ0) is 18.2. The SMILES string of the molecule is CCc1nccn1CCC(=O)NCC(c1cccnc1)N1CCCCC1. The van der Waals surface area contributed by atoms with Gasteiger partial charge in [0.05, 0.1) is 6.04 Å². The van der Waals surface area contributed by atoms with E-state index in [1.165, 1.54) is 24.8 Å². The smallest absolute Gasteiger partial charge is 0.221 e. The number of piperidine rings is 1. The summed E-state index contributed by atoms with van der Waals surface area (Å²) >= 11 is 0. The number of carbonyl (C=O) groups excluding carboxylic acids is 1. The Morgan fingerprint density at radius 3 is 2.85 bits per heavy atom. The van der Waals surface area contributed by atoms with Crippen molar-refractivity contribution in [3.05, 3.63) is 48.3 Å². The number of amides is 1. The number of imidazole rings is 1. The Hall–Kier alpha value is -2.21. The Bertz CT molecular complexity index is 679. The van der Waals surface area contributed by atoms with E-state index < -0.39 is 0 Å². The molecule has 0 radical (unpaired) electrons. The summed E-state index contributed by atoms with van der Waals surface area (Å²) in [6, 6.07) is 4.28. The number of pyridine rings is 1. The van der Waals surface area contributed by atoms with Crippen LogP contribution in [0.3, 0.4) is 0 Å². The van der Waals surface area contributed by atoms with Gasteiger partial charge in [0, 0.05) is 50.7 Å². The Morgan fingerprint density at radius 1 is 1.27 bits per heavy atom. The average Bonchev–Trinajstić information content (AvgIpc) is 3.16. The highest BCUT2D eigenvalue weighted by atomic mass is 16.1. The van der Waals surface area contributed by atoms with Gasteiger partial charge in [-0.25, -0.2) is 4.98 Å². The number of aryl methyl sites for hydroxylation is 2. The molecule has 1 saturated heterocycles. The van der Waals surface area contributed by atoms with Crippen LogP contribution in [0.4, 0.5) is 0 Å². The highest BCUT2D eigenvalue weighted by molar-refractivity contribution is 5.75. The molecule has 2 aromatic heterocycles. The van der Waals surface area contributed by atoms with Crippen molar-refractivity contribution in [2.24, 2.45) is 0 Å². The zero-order valence-corrected chi connectivity index (χ0v) is 15.6. The molecule has 1 amide bonds. The van der Waals surface area contributed by atoms with Crippen LogP contribution in [0.15, 0.2) is 36.9 Å². The van der Waals surface area contributed by atoms with Gasteiger partial charge in [0.15, 0.2) is 0 Å². The van der Waals surface area contributed by atoms with Crippen LogP contribution in [0, 0.1) is 0 Å².